The molecule has 2 heterocycles. The summed E-state index contributed by atoms with van der Waals surface area (Å²) in [6.45, 7) is -0.390. The molecule has 1 aromatic carbocycles. The van der Waals surface area contributed by atoms with Crippen LogP contribution in [-0.2, 0) is 9.47 Å². The Bertz CT molecular complexity index is 495. The van der Waals surface area contributed by atoms with E-state index in [9.17, 15) is 10.2 Å². The normalized spacial score (nSPS) is 36.0. The van der Waals surface area contributed by atoms with E-state index in [2.05, 4.69) is 10.3 Å². The number of aliphatic hydroxyl groups excluding tert-OH is 3. The molecule has 0 spiro atoms. The van der Waals surface area contributed by atoms with Crippen LogP contribution in [0.1, 0.15) is 0 Å². The minimum Gasteiger partial charge on any atom is -0.454 e. The summed E-state index contributed by atoms with van der Waals surface area (Å²) in [5.41, 5.74) is 0.790. The average molecular weight is 280 g/mol. The summed E-state index contributed by atoms with van der Waals surface area (Å²) < 4.78 is 10.9. The summed E-state index contributed by atoms with van der Waals surface area (Å²) in [5, 5.41) is 31.8. The third-order valence-electron chi connectivity index (χ3n) is 3.36. The van der Waals surface area contributed by atoms with Crippen LogP contribution in [0.3, 0.4) is 0 Å². The predicted octanol–water partition coefficient (Wildman–Crippen LogP) is -0.708. The van der Waals surface area contributed by atoms with Crippen molar-refractivity contribution in [1.82, 2.24) is 0 Å². The van der Waals surface area contributed by atoms with Gasteiger partial charge in [0, 0.05) is 5.69 Å². The molecular formula is C13H16N2O5. The van der Waals surface area contributed by atoms with Gasteiger partial charge in [-0.1, -0.05) is 18.2 Å². The first-order valence-electron chi connectivity index (χ1n) is 6.38. The number of hydrogen-bond donors (Lipinski definition) is 4. The van der Waals surface area contributed by atoms with Gasteiger partial charge in [-0.25, -0.2) is 0 Å². The van der Waals surface area contributed by atoms with E-state index in [1.54, 1.807) is 0 Å². The number of nitrogens with one attached hydrogen (secondary N) is 1. The molecule has 0 bridgehead atoms. The lowest BCUT2D eigenvalue weighted by molar-refractivity contribution is -0.214. The van der Waals surface area contributed by atoms with Crippen LogP contribution >= 0.6 is 0 Å². The number of hydrogen-bond acceptors (Lipinski definition) is 7. The van der Waals surface area contributed by atoms with Crippen molar-refractivity contribution in [3.8, 4) is 0 Å². The molecule has 7 heteroatoms. The molecule has 20 heavy (non-hydrogen) atoms. The van der Waals surface area contributed by atoms with E-state index in [4.69, 9.17) is 14.6 Å². The minimum absolute atomic E-state index is 0.219. The molecule has 5 atom stereocenters. The molecule has 0 aromatic heterocycles. The lowest BCUT2D eigenvalue weighted by Crippen LogP contribution is -2.57. The molecule has 0 unspecified atom stereocenters. The van der Waals surface area contributed by atoms with E-state index in [1.165, 1.54) is 0 Å². The number of fused-ring (bicyclic) bond motifs is 1. The van der Waals surface area contributed by atoms with Gasteiger partial charge in [-0.05, 0) is 12.1 Å². The average Bonchev–Trinajstić information content (AvgIpc) is 2.86. The molecule has 3 rings (SSSR count). The fourth-order valence-corrected chi connectivity index (χ4v) is 2.28. The summed E-state index contributed by atoms with van der Waals surface area (Å²) in [5.74, 6) is 0. The molecule has 2 aliphatic rings. The number of aliphatic hydroxyl groups is 3. The second-order valence-corrected chi connectivity index (χ2v) is 4.74. The summed E-state index contributed by atoms with van der Waals surface area (Å²) in [6.07, 6.45) is -4.75. The number of ether oxygens (including phenoxy) is 2. The molecular weight excluding hydrogens is 264 g/mol. The molecule has 0 aliphatic carbocycles. The standard InChI is InChI=1S/C13H16N2O5/c16-6-8-9(17)10(18)11-12(19-8)15-13(20-11)14-7-4-2-1-3-5-7/h1-5,8-12,16-18H,6H2,(H,14,15)/t8-,9-,10+,11-,12-/m1/s1. The van der Waals surface area contributed by atoms with Gasteiger partial charge in [0.05, 0.1) is 6.61 Å². The van der Waals surface area contributed by atoms with Crippen molar-refractivity contribution in [2.75, 3.05) is 11.9 Å². The molecule has 0 radical (unpaired) electrons. The SMILES string of the molecule is OC[C@H]1O[C@H]2N=C(Nc3ccccc3)O[C@@H]2[C@@H](O)[C@@H]1O. The monoisotopic (exact) mass is 280 g/mol. The highest BCUT2D eigenvalue weighted by Gasteiger charge is 2.49. The molecule has 1 aromatic rings. The van der Waals surface area contributed by atoms with E-state index >= 15 is 0 Å². The Kier molecular flexibility index (Phi) is 3.58. The van der Waals surface area contributed by atoms with Gasteiger partial charge in [0.25, 0.3) is 6.02 Å². The molecule has 0 saturated carbocycles. The minimum atomic E-state index is -1.20. The first-order valence-corrected chi connectivity index (χ1v) is 6.38. The Morgan fingerprint density at radius 3 is 2.60 bits per heavy atom. The zero-order chi connectivity index (χ0) is 14.1. The second-order valence-electron chi connectivity index (χ2n) is 4.74. The van der Waals surface area contributed by atoms with Crippen LogP contribution in [-0.4, -0.2) is 58.6 Å². The summed E-state index contributed by atoms with van der Waals surface area (Å²) in [7, 11) is 0. The number of amidine groups is 1. The second kappa shape index (κ2) is 5.37. The molecule has 1 fully saturated rings. The molecule has 2 aliphatic heterocycles. The van der Waals surface area contributed by atoms with Crippen molar-refractivity contribution < 1.29 is 24.8 Å². The first-order chi connectivity index (χ1) is 9.69. The third-order valence-corrected chi connectivity index (χ3v) is 3.36. The smallest absolute Gasteiger partial charge is 0.292 e. The zero-order valence-corrected chi connectivity index (χ0v) is 10.6. The highest BCUT2D eigenvalue weighted by molar-refractivity contribution is 5.90. The maximum absolute atomic E-state index is 9.97. The van der Waals surface area contributed by atoms with Crippen LogP contribution in [0.5, 0.6) is 0 Å². The first kappa shape index (κ1) is 13.3. The number of rotatable bonds is 2. The molecule has 1 saturated heterocycles. The van der Waals surface area contributed by atoms with E-state index < -0.39 is 37.3 Å². The van der Waals surface area contributed by atoms with Crippen molar-refractivity contribution in [3.05, 3.63) is 30.3 Å². The van der Waals surface area contributed by atoms with Crippen LogP contribution in [0.2, 0.25) is 0 Å². The number of anilines is 1. The highest BCUT2D eigenvalue weighted by Crippen LogP contribution is 2.28. The van der Waals surface area contributed by atoms with Crippen molar-refractivity contribution in [2.24, 2.45) is 4.99 Å². The van der Waals surface area contributed by atoms with E-state index in [-0.39, 0.29) is 6.02 Å². The van der Waals surface area contributed by atoms with E-state index in [0.717, 1.165) is 5.69 Å². The van der Waals surface area contributed by atoms with E-state index in [1.807, 2.05) is 30.3 Å². The van der Waals surface area contributed by atoms with Gasteiger partial charge in [0.15, 0.2) is 12.3 Å². The number of nitrogens with zero attached hydrogens (tertiary/aromatic N) is 1. The van der Waals surface area contributed by atoms with Crippen molar-refractivity contribution >= 4 is 11.7 Å². The number of benzene rings is 1. The summed E-state index contributed by atoms with van der Waals surface area (Å²) >= 11 is 0. The topological polar surface area (TPSA) is 104 Å². The van der Waals surface area contributed by atoms with Crippen molar-refractivity contribution in [2.45, 2.75) is 30.6 Å². The lowest BCUT2D eigenvalue weighted by atomic mass is 9.99. The van der Waals surface area contributed by atoms with Gasteiger partial charge in [-0.3, -0.25) is 0 Å². The highest BCUT2D eigenvalue weighted by atomic mass is 16.6. The Balaban J connectivity index is 1.72. The van der Waals surface area contributed by atoms with Crippen LogP contribution in [0, 0.1) is 0 Å². The van der Waals surface area contributed by atoms with Crippen LogP contribution in [0.4, 0.5) is 5.69 Å². The van der Waals surface area contributed by atoms with Gasteiger partial charge >= 0.3 is 0 Å². The Labute approximate surface area is 115 Å². The molecule has 0 amide bonds. The maximum Gasteiger partial charge on any atom is 0.292 e. The van der Waals surface area contributed by atoms with Crippen LogP contribution in [0.25, 0.3) is 0 Å². The van der Waals surface area contributed by atoms with Crippen molar-refractivity contribution in [3.63, 3.8) is 0 Å². The Morgan fingerprint density at radius 1 is 1.15 bits per heavy atom. The Morgan fingerprint density at radius 2 is 1.90 bits per heavy atom. The fourth-order valence-electron chi connectivity index (χ4n) is 2.28. The maximum atomic E-state index is 9.97. The lowest BCUT2D eigenvalue weighted by Gasteiger charge is -2.36. The fraction of sp³-hybridized carbons (Fsp3) is 0.462. The van der Waals surface area contributed by atoms with Gasteiger partial charge in [0.2, 0.25) is 0 Å². The van der Waals surface area contributed by atoms with Crippen LogP contribution < -0.4 is 5.32 Å². The Hall–Kier alpha value is -1.67. The van der Waals surface area contributed by atoms with Crippen LogP contribution in [0.15, 0.2) is 35.3 Å². The third kappa shape index (κ3) is 2.36. The quantitative estimate of drug-likeness (QED) is 0.571. The van der Waals surface area contributed by atoms with Gasteiger partial charge in [-0.15, -0.1) is 0 Å². The largest absolute Gasteiger partial charge is 0.454 e. The summed E-state index contributed by atoms with van der Waals surface area (Å²) in [6, 6.07) is 9.52. The van der Waals surface area contributed by atoms with Gasteiger partial charge in [0.1, 0.15) is 18.3 Å². The van der Waals surface area contributed by atoms with Gasteiger partial charge in [-0.2, -0.15) is 4.99 Å². The number of para-hydroxylation sites is 1. The van der Waals surface area contributed by atoms with Gasteiger partial charge < -0.3 is 30.1 Å². The number of aliphatic imine (C=N–C) groups is 1. The predicted molar refractivity (Wildman–Crippen MR) is 70.1 cm³/mol. The zero-order valence-electron chi connectivity index (χ0n) is 10.6. The molecule has 4 N–H and O–H groups in total. The van der Waals surface area contributed by atoms with E-state index in [0.29, 0.717) is 0 Å². The van der Waals surface area contributed by atoms with Crippen molar-refractivity contribution in [1.29, 1.82) is 0 Å². The molecule has 108 valence electrons. The molecule has 7 nitrogen and oxygen atoms in total. The summed E-state index contributed by atoms with van der Waals surface area (Å²) in [4.78, 5) is 4.17.